The number of pyridine rings is 1. The minimum Gasteiger partial charge on any atom is -0.478 e. The van der Waals surface area contributed by atoms with Crippen molar-refractivity contribution in [3.63, 3.8) is 0 Å². The number of nitrogens with zero attached hydrogens (tertiary/aromatic N) is 1. The van der Waals surface area contributed by atoms with Gasteiger partial charge in [0.1, 0.15) is 0 Å². The van der Waals surface area contributed by atoms with Crippen molar-refractivity contribution in [1.82, 2.24) is 4.98 Å². The van der Waals surface area contributed by atoms with Gasteiger partial charge in [0.25, 0.3) is 0 Å². The van der Waals surface area contributed by atoms with E-state index in [4.69, 9.17) is 0 Å². The first-order chi connectivity index (χ1) is 9.94. The minimum atomic E-state index is -3.60. The lowest BCUT2D eigenvalue weighted by molar-refractivity contribution is 0.0695. The zero-order valence-electron chi connectivity index (χ0n) is 11.5. The zero-order valence-corrected chi connectivity index (χ0v) is 12.3. The number of aromatic carboxylic acids is 1. The maximum atomic E-state index is 12.4. The molecule has 0 bridgehead atoms. The maximum absolute atomic E-state index is 12.4. The fourth-order valence-corrected chi connectivity index (χ4v) is 3.39. The molecule has 0 atom stereocenters. The van der Waals surface area contributed by atoms with E-state index in [2.05, 4.69) is 4.98 Å². The molecule has 0 unspecified atom stereocenters. The number of sulfone groups is 1. The Bertz CT molecular complexity index is 754. The molecule has 1 N–H and O–H groups in total. The highest BCUT2D eigenvalue weighted by molar-refractivity contribution is 7.90. The average Bonchev–Trinajstić information content (AvgIpc) is 2.47. The second kappa shape index (κ2) is 6.05. The summed E-state index contributed by atoms with van der Waals surface area (Å²) >= 11 is 0. The number of carbonyl (C=O) groups is 1. The lowest BCUT2D eigenvalue weighted by Gasteiger charge is -2.08. The molecule has 0 amide bonds. The molecule has 1 heterocycles. The molecule has 6 heteroatoms. The first-order valence-corrected chi connectivity index (χ1v) is 8.07. The van der Waals surface area contributed by atoms with Gasteiger partial charge in [0.15, 0.2) is 9.84 Å². The van der Waals surface area contributed by atoms with Crippen LogP contribution in [-0.2, 0) is 22.0 Å². The van der Waals surface area contributed by atoms with Gasteiger partial charge in [-0.25, -0.2) is 13.2 Å². The molecule has 21 heavy (non-hydrogen) atoms. The van der Waals surface area contributed by atoms with Crippen LogP contribution in [0.4, 0.5) is 0 Å². The van der Waals surface area contributed by atoms with Gasteiger partial charge in [0, 0.05) is 12.4 Å². The summed E-state index contributed by atoms with van der Waals surface area (Å²) in [6.07, 6.45) is 3.58. The summed E-state index contributed by atoms with van der Waals surface area (Å²) in [5.74, 6) is -1.32. The minimum absolute atomic E-state index is 0.0148. The van der Waals surface area contributed by atoms with Crippen LogP contribution in [0.2, 0.25) is 0 Å². The molecule has 0 saturated heterocycles. The summed E-state index contributed by atoms with van der Waals surface area (Å²) < 4.78 is 24.7. The zero-order chi connectivity index (χ0) is 15.5. The number of aromatic nitrogens is 1. The third kappa shape index (κ3) is 3.46. The third-order valence-corrected chi connectivity index (χ3v) is 4.82. The molecule has 1 aromatic heterocycles. The van der Waals surface area contributed by atoms with E-state index >= 15 is 0 Å². The smallest absolute Gasteiger partial charge is 0.336 e. The summed E-state index contributed by atoms with van der Waals surface area (Å²) in [5.41, 5.74) is 1.21. The molecule has 1 aromatic carbocycles. The molecular weight excluding hydrogens is 290 g/mol. The van der Waals surface area contributed by atoms with Crippen LogP contribution >= 0.6 is 0 Å². The highest BCUT2D eigenvalue weighted by atomic mass is 32.2. The van der Waals surface area contributed by atoms with Crippen molar-refractivity contribution in [2.45, 2.75) is 24.0 Å². The van der Waals surface area contributed by atoms with Gasteiger partial charge in [-0.3, -0.25) is 4.98 Å². The van der Waals surface area contributed by atoms with Crippen LogP contribution in [0.5, 0.6) is 0 Å². The van der Waals surface area contributed by atoms with E-state index in [0.29, 0.717) is 17.5 Å². The van der Waals surface area contributed by atoms with Gasteiger partial charge in [-0.2, -0.15) is 0 Å². The van der Waals surface area contributed by atoms with E-state index in [9.17, 15) is 18.3 Å². The van der Waals surface area contributed by atoms with E-state index < -0.39 is 15.8 Å². The molecule has 110 valence electrons. The monoisotopic (exact) mass is 305 g/mol. The Hall–Kier alpha value is -2.21. The second-order valence-electron chi connectivity index (χ2n) is 4.60. The van der Waals surface area contributed by atoms with Crippen LogP contribution in [0.3, 0.4) is 0 Å². The summed E-state index contributed by atoms with van der Waals surface area (Å²) in [5, 5.41) is 9.17. The molecule has 0 aliphatic heterocycles. The Morgan fingerprint density at radius 1 is 1.29 bits per heavy atom. The van der Waals surface area contributed by atoms with Crippen molar-refractivity contribution < 1.29 is 18.3 Å². The second-order valence-corrected chi connectivity index (χ2v) is 6.59. The first kappa shape index (κ1) is 15.2. The van der Waals surface area contributed by atoms with E-state index in [1.807, 2.05) is 6.92 Å². The molecule has 0 saturated carbocycles. The van der Waals surface area contributed by atoms with Crippen molar-refractivity contribution in [2.24, 2.45) is 0 Å². The number of carboxylic acid groups (broad SMARTS) is 1. The largest absolute Gasteiger partial charge is 0.478 e. The third-order valence-electron chi connectivity index (χ3n) is 3.13. The lowest BCUT2D eigenvalue weighted by Crippen LogP contribution is -2.09. The Balaban J connectivity index is 2.41. The SMILES string of the molecule is CCc1ccc(S(=O)(=O)Cc2cccnc2)cc1C(=O)O. The molecule has 5 nitrogen and oxygen atoms in total. The Morgan fingerprint density at radius 3 is 2.62 bits per heavy atom. The van der Waals surface area contributed by atoms with Gasteiger partial charge in [-0.05, 0) is 35.7 Å². The quantitative estimate of drug-likeness (QED) is 0.916. The Kier molecular flexibility index (Phi) is 4.37. The summed E-state index contributed by atoms with van der Waals surface area (Å²) in [4.78, 5) is 15.1. The molecule has 0 spiro atoms. The number of benzene rings is 1. The predicted octanol–water partition coefficient (Wildman–Crippen LogP) is 2.32. The number of carboxylic acids is 1. The van der Waals surface area contributed by atoms with Gasteiger partial charge in [0.05, 0.1) is 16.2 Å². The fraction of sp³-hybridized carbons (Fsp3) is 0.200. The van der Waals surface area contributed by atoms with Gasteiger partial charge < -0.3 is 5.11 Å². The van der Waals surface area contributed by atoms with Crippen LogP contribution in [0, 0.1) is 0 Å². The summed E-state index contributed by atoms with van der Waals surface area (Å²) in [6, 6.07) is 7.57. The lowest BCUT2D eigenvalue weighted by atomic mass is 10.1. The van der Waals surface area contributed by atoms with E-state index in [-0.39, 0.29) is 16.2 Å². The van der Waals surface area contributed by atoms with Crippen LogP contribution in [0.1, 0.15) is 28.4 Å². The van der Waals surface area contributed by atoms with Gasteiger partial charge in [-0.1, -0.05) is 19.1 Å². The standard InChI is InChI=1S/C15H15NO4S/c1-2-12-5-6-13(8-14(12)15(17)18)21(19,20)10-11-4-3-7-16-9-11/h3-9H,2,10H2,1H3,(H,17,18). The average molecular weight is 305 g/mol. The van der Waals surface area contributed by atoms with Crippen molar-refractivity contribution >= 4 is 15.8 Å². The van der Waals surface area contributed by atoms with Crippen molar-refractivity contribution in [2.75, 3.05) is 0 Å². The molecule has 0 aliphatic carbocycles. The van der Waals surface area contributed by atoms with E-state index in [1.54, 1.807) is 24.4 Å². The Morgan fingerprint density at radius 2 is 2.05 bits per heavy atom. The molecule has 0 radical (unpaired) electrons. The topological polar surface area (TPSA) is 84.3 Å². The summed E-state index contributed by atoms with van der Waals surface area (Å²) in [7, 11) is -3.60. The predicted molar refractivity (Wildman–Crippen MR) is 77.9 cm³/mol. The maximum Gasteiger partial charge on any atom is 0.336 e. The highest BCUT2D eigenvalue weighted by Gasteiger charge is 2.19. The number of hydrogen-bond acceptors (Lipinski definition) is 4. The van der Waals surface area contributed by atoms with Crippen LogP contribution in [0.25, 0.3) is 0 Å². The molecule has 0 aliphatic rings. The normalized spacial score (nSPS) is 11.3. The van der Waals surface area contributed by atoms with Crippen LogP contribution < -0.4 is 0 Å². The van der Waals surface area contributed by atoms with Crippen molar-refractivity contribution in [3.8, 4) is 0 Å². The summed E-state index contributed by atoms with van der Waals surface area (Å²) in [6.45, 7) is 1.82. The van der Waals surface area contributed by atoms with Gasteiger partial charge in [-0.15, -0.1) is 0 Å². The van der Waals surface area contributed by atoms with Gasteiger partial charge in [0.2, 0.25) is 0 Å². The highest BCUT2D eigenvalue weighted by Crippen LogP contribution is 2.20. The molecule has 2 aromatic rings. The Labute approximate surface area is 123 Å². The fourth-order valence-electron chi connectivity index (χ4n) is 2.04. The van der Waals surface area contributed by atoms with Crippen molar-refractivity contribution in [1.29, 1.82) is 0 Å². The van der Waals surface area contributed by atoms with Gasteiger partial charge >= 0.3 is 5.97 Å². The van der Waals surface area contributed by atoms with Crippen LogP contribution in [0.15, 0.2) is 47.6 Å². The van der Waals surface area contributed by atoms with E-state index in [0.717, 1.165) is 0 Å². The van der Waals surface area contributed by atoms with E-state index in [1.165, 1.54) is 18.3 Å². The number of hydrogen-bond donors (Lipinski definition) is 1. The molecule has 0 fully saturated rings. The number of rotatable bonds is 5. The first-order valence-electron chi connectivity index (χ1n) is 6.42. The molecular formula is C15H15NO4S. The van der Waals surface area contributed by atoms with Crippen molar-refractivity contribution in [3.05, 3.63) is 59.4 Å². The number of aryl methyl sites for hydroxylation is 1. The molecule has 2 rings (SSSR count). The van der Waals surface area contributed by atoms with Crippen LogP contribution in [-0.4, -0.2) is 24.5 Å².